The number of hydrogen-bond acceptors (Lipinski definition) is 3. The van der Waals surface area contributed by atoms with Gasteiger partial charge in [0.2, 0.25) is 0 Å². The summed E-state index contributed by atoms with van der Waals surface area (Å²) in [6.07, 6.45) is 1.09. The Balaban J connectivity index is 4.21. The van der Waals surface area contributed by atoms with Crippen LogP contribution in [0, 0.1) is 0 Å². The molecule has 0 aromatic heterocycles. The third kappa shape index (κ3) is 5.65. The minimum absolute atomic E-state index is 0.672. The van der Waals surface area contributed by atoms with E-state index < -0.39 is 8.80 Å². The van der Waals surface area contributed by atoms with Crippen molar-refractivity contribution >= 4 is 8.80 Å². The molecule has 90 valence electrons. The Morgan fingerprint density at radius 3 is 1.64 bits per heavy atom. The Labute approximate surface area is 101 Å². The summed E-state index contributed by atoms with van der Waals surface area (Å²) in [6.45, 7) is 7.98. The molecule has 0 rings (SSSR count). The monoisotopic (exact) mass is 402 g/mol. The Morgan fingerprint density at radius 2 is 1.36 bits per heavy atom. The zero-order valence-electron chi connectivity index (χ0n) is 9.27. The molecule has 0 fully saturated rings. The first-order chi connectivity index (χ1) is 6.74. The molecule has 0 radical (unpaired) electrons. The summed E-state index contributed by atoms with van der Waals surface area (Å²) >= 11 is 2.54. The van der Waals surface area contributed by atoms with Gasteiger partial charge in [-0.1, -0.05) is 0 Å². The molecule has 0 N–H and O–H groups in total. The van der Waals surface area contributed by atoms with Crippen LogP contribution < -0.4 is 0 Å². The second-order valence-corrected chi connectivity index (χ2v) is 6.55. The number of hydrogen-bond donors (Lipinski definition) is 0. The molecule has 0 amide bonds. The maximum absolute atomic E-state index is 5.70. The van der Waals surface area contributed by atoms with E-state index in [2.05, 4.69) is 21.1 Å². The normalized spacial score (nSPS) is 12.1. The van der Waals surface area contributed by atoms with Crippen LogP contribution in [0.5, 0.6) is 0 Å². The third-order valence-corrected chi connectivity index (χ3v) is 5.60. The average Bonchev–Trinajstić information content (AvgIpc) is 2.16. The molecule has 0 aromatic rings. The maximum atomic E-state index is 5.70. The van der Waals surface area contributed by atoms with Gasteiger partial charge >= 0.3 is 101 Å². The van der Waals surface area contributed by atoms with E-state index in [1.54, 1.807) is 0 Å². The van der Waals surface area contributed by atoms with Gasteiger partial charge in [-0.3, -0.25) is 0 Å². The number of rotatable bonds is 9. The molecule has 0 aliphatic carbocycles. The van der Waals surface area contributed by atoms with Gasteiger partial charge in [0, 0.05) is 0 Å². The minimum atomic E-state index is -2.33. The van der Waals surface area contributed by atoms with Crippen LogP contribution in [-0.4, -0.2) is 28.6 Å². The molecule has 14 heavy (non-hydrogen) atoms. The zero-order chi connectivity index (χ0) is 10.9. The summed E-state index contributed by atoms with van der Waals surface area (Å²) < 4.78 is 18.2. The Bertz CT molecular complexity index is 118. The SMILES string of the molecule is CCO[Si](CC[CH2][Au])(OCC)OCC. The zero-order valence-corrected chi connectivity index (χ0v) is 12.4. The molecular weight excluding hydrogens is 381 g/mol. The van der Waals surface area contributed by atoms with Crippen molar-refractivity contribution in [2.45, 2.75) is 37.9 Å². The van der Waals surface area contributed by atoms with E-state index in [-0.39, 0.29) is 0 Å². The standard InChI is InChI=1S/C9H21O3Si.Au/c1-5-9-13(10-6-2,11-7-3)12-8-4;/h1,5-9H2,2-4H3;. The van der Waals surface area contributed by atoms with Gasteiger partial charge in [-0.2, -0.15) is 0 Å². The van der Waals surface area contributed by atoms with Gasteiger partial charge in [0.15, 0.2) is 0 Å². The summed E-state index contributed by atoms with van der Waals surface area (Å²) in [4.78, 5) is 0. The van der Waals surface area contributed by atoms with Gasteiger partial charge in [-0.05, 0) is 0 Å². The topological polar surface area (TPSA) is 27.7 Å². The fourth-order valence-electron chi connectivity index (χ4n) is 1.27. The van der Waals surface area contributed by atoms with Gasteiger partial charge in [0.05, 0.1) is 0 Å². The first kappa shape index (κ1) is 14.8. The average molecular weight is 402 g/mol. The molecule has 0 atom stereocenters. The fourth-order valence-corrected chi connectivity index (χ4v) is 4.96. The van der Waals surface area contributed by atoms with E-state index in [0.29, 0.717) is 19.8 Å². The molecule has 5 heteroatoms. The van der Waals surface area contributed by atoms with Crippen LogP contribution in [0.2, 0.25) is 10.7 Å². The van der Waals surface area contributed by atoms with Crippen LogP contribution in [0.3, 0.4) is 0 Å². The van der Waals surface area contributed by atoms with E-state index in [1.807, 2.05) is 20.8 Å². The van der Waals surface area contributed by atoms with Crippen LogP contribution in [0.25, 0.3) is 0 Å². The summed E-state index contributed by atoms with van der Waals surface area (Å²) in [6, 6.07) is 0.930. The van der Waals surface area contributed by atoms with E-state index >= 15 is 0 Å². The first-order valence-corrected chi connectivity index (χ1v) is 8.63. The second-order valence-electron chi connectivity index (χ2n) is 2.74. The van der Waals surface area contributed by atoms with Gasteiger partial charge in [-0.15, -0.1) is 0 Å². The van der Waals surface area contributed by atoms with Crippen LogP contribution >= 0.6 is 0 Å². The van der Waals surface area contributed by atoms with Crippen molar-refractivity contribution in [1.82, 2.24) is 0 Å². The van der Waals surface area contributed by atoms with Crippen molar-refractivity contribution in [3.63, 3.8) is 0 Å². The Hall–Kier alpha value is 0.837. The molecule has 0 saturated heterocycles. The first-order valence-electron chi connectivity index (χ1n) is 5.17. The quantitative estimate of drug-likeness (QED) is 0.555. The predicted molar refractivity (Wildman–Crippen MR) is 54.9 cm³/mol. The molecular formula is C9H21AuO3Si. The summed E-state index contributed by atoms with van der Waals surface area (Å²) in [5.74, 6) is 0. The molecule has 0 unspecified atom stereocenters. The van der Waals surface area contributed by atoms with E-state index in [1.165, 1.54) is 0 Å². The second kappa shape index (κ2) is 9.09. The fraction of sp³-hybridized carbons (Fsp3) is 1.00. The van der Waals surface area contributed by atoms with E-state index in [0.717, 1.165) is 17.1 Å². The van der Waals surface area contributed by atoms with E-state index in [9.17, 15) is 0 Å². The van der Waals surface area contributed by atoms with Crippen LogP contribution in [0.1, 0.15) is 27.2 Å². The summed E-state index contributed by atoms with van der Waals surface area (Å²) in [5.41, 5.74) is 0. The Morgan fingerprint density at radius 1 is 0.929 bits per heavy atom. The predicted octanol–water partition coefficient (Wildman–Crippen LogP) is 2.39. The third-order valence-electron chi connectivity index (χ3n) is 1.68. The van der Waals surface area contributed by atoms with Crippen molar-refractivity contribution < 1.29 is 34.3 Å². The van der Waals surface area contributed by atoms with Gasteiger partial charge < -0.3 is 0 Å². The summed E-state index contributed by atoms with van der Waals surface area (Å²) in [5, 5.41) is 0. The van der Waals surface area contributed by atoms with E-state index in [4.69, 9.17) is 13.3 Å². The Kier molecular flexibility index (Phi) is 9.64. The van der Waals surface area contributed by atoms with Crippen molar-refractivity contribution in [2.75, 3.05) is 19.8 Å². The summed E-state index contributed by atoms with van der Waals surface area (Å²) in [7, 11) is -2.33. The van der Waals surface area contributed by atoms with Crippen molar-refractivity contribution in [2.24, 2.45) is 0 Å². The molecule has 0 heterocycles. The molecule has 0 aromatic carbocycles. The van der Waals surface area contributed by atoms with Gasteiger partial charge in [-0.25, -0.2) is 0 Å². The molecule has 0 saturated carbocycles. The molecule has 3 nitrogen and oxygen atoms in total. The molecule has 0 aliphatic heterocycles. The van der Waals surface area contributed by atoms with Crippen LogP contribution in [0.15, 0.2) is 0 Å². The molecule has 0 spiro atoms. The van der Waals surface area contributed by atoms with Crippen molar-refractivity contribution in [1.29, 1.82) is 0 Å². The van der Waals surface area contributed by atoms with Crippen LogP contribution in [-0.2, 0) is 34.3 Å². The van der Waals surface area contributed by atoms with Crippen molar-refractivity contribution in [3.8, 4) is 0 Å². The van der Waals surface area contributed by atoms with Gasteiger partial charge in [0.25, 0.3) is 0 Å². The molecule has 0 aliphatic rings. The molecule has 0 bridgehead atoms. The van der Waals surface area contributed by atoms with Gasteiger partial charge in [0.1, 0.15) is 0 Å². The van der Waals surface area contributed by atoms with Crippen molar-refractivity contribution in [3.05, 3.63) is 0 Å². The van der Waals surface area contributed by atoms with Crippen LogP contribution in [0.4, 0.5) is 0 Å².